The van der Waals surface area contributed by atoms with Crippen molar-refractivity contribution in [2.24, 2.45) is 0 Å². The van der Waals surface area contributed by atoms with E-state index in [1.165, 1.54) is 17.8 Å². The van der Waals surface area contributed by atoms with Gasteiger partial charge in [0.15, 0.2) is 0 Å². The Morgan fingerprint density at radius 3 is 2.81 bits per heavy atom. The fourth-order valence-electron chi connectivity index (χ4n) is 1.40. The van der Waals surface area contributed by atoms with E-state index < -0.39 is 0 Å². The predicted molar refractivity (Wildman–Crippen MR) is 63.8 cm³/mol. The molecule has 1 aromatic heterocycles. The number of nitrogen functional groups attached to an aromatic ring is 1. The minimum atomic E-state index is -0.256. The van der Waals surface area contributed by atoms with Gasteiger partial charge in [-0.25, -0.2) is 4.39 Å². The monoisotopic (exact) mass is 237 g/mol. The van der Waals surface area contributed by atoms with Gasteiger partial charge in [-0.3, -0.25) is 0 Å². The number of hydrogen-bond acceptors (Lipinski definition) is 3. The van der Waals surface area contributed by atoms with Crippen molar-refractivity contribution >= 4 is 17.4 Å². The Morgan fingerprint density at radius 2 is 2.19 bits per heavy atom. The number of hydrogen-bond donors (Lipinski definition) is 1. The maximum absolute atomic E-state index is 13.5. The number of rotatable bonds is 3. The molecule has 0 aliphatic carbocycles. The van der Waals surface area contributed by atoms with E-state index in [9.17, 15) is 4.39 Å². The zero-order valence-corrected chi connectivity index (χ0v) is 9.68. The number of thioether (sulfide) groups is 1. The van der Waals surface area contributed by atoms with Crippen molar-refractivity contribution < 1.29 is 8.81 Å². The molecule has 0 radical (unpaired) electrons. The largest absolute Gasteiger partial charge is 0.468 e. The molecule has 84 valence electrons. The maximum atomic E-state index is 13.5. The van der Waals surface area contributed by atoms with Crippen LogP contribution in [0, 0.1) is 12.7 Å². The van der Waals surface area contributed by atoms with Crippen molar-refractivity contribution in [2.75, 3.05) is 5.73 Å². The van der Waals surface area contributed by atoms with E-state index in [2.05, 4.69) is 0 Å². The highest BCUT2D eigenvalue weighted by Crippen LogP contribution is 2.29. The van der Waals surface area contributed by atoms with Gasteiger partial charge in [-0.15, -0.1) is 11.8 Å². The summed E-state index contributed by atoms with van der Waals surface area (Å²) in [6.07, 6.45) is 1.63. The second-order valence-electron chi connectivity index (χ2n) is 3.44. The lowest BCUT2D eigenvalue weighted by atomic mass is 10.2. The summed E-state index contributed by atoms with van der Waals surface area (Å²) in [6.45, 7) is 1.88. The Balaban J connectivity index is 2.14. The van der Waals surface area contributed by atoms with Gasteiger partial charge in [0.05, 0.1) is 6.26 Å². The number of furan rings is 1. The van der Waals surface area contributed by atoms with Gasteiger partial charge in [0.2, 0.25) is 0 Å². The highest BCUT2D eigenvalue weighted by molar-refractivity contribution is 7.98. The molecule has 2 rings (SSSR count). The zero-order chi connectivity index (χ0) is 11.5. The SMILES string of the molecule is Cc1occc1SCc1c(N)cccc1F. The van der Waals surface area contributed by atoms with Gasteiger partial charge >= 0.3 is 0 Å². The van der Waals surface area contributed by atoms with Crippen LogP contribution >= 0.6 is 11.8 Å². The smallest absolute Gasteiger partial charge is 0.129 e. The molecule has 0 saturated carbocycles. The second kappa shape index (κ2) is 4.61. The molecule has 0 unspecified atom stereocenters. The second-order valence-corrected chi connectivity index (χ2v) is 4.45. The first kappa shape index (κ1) is 11.1. The lowest BCUT2D eigenvalue weighted by molar-refractivity contribution is 0.527. The van der Waals surface area contributed by atoms with Crippen LogP contribution < -0.4 is 5.73 Å². The maximum Gasteiger partial charge on any atom is 0.129 e. The molecule has 0 fully saturated rings. The molecule has 0 atom stereocenters. The Hall–Kier alpha value is -1.42. The summed E-state index contributed by atoms with van der Waals surface area (Å²) in [7, 11) is 0. The molecular formula is C12H12FNOS. The third-order valence-corrected chi connectivity index (χ3v) is 3.51. The lowest BCUT2D eigenvalue weighted by Crippen LogP contribution is -1.96. The number of anilines is 1. The van der Waals surface area contributed by atoms with E-state index in [0.717, 1.165) is 10.7 Å². The molecule has 0 spiro atoms. The van der Waals surface area contributed by atoms with Crippen LogP contribution in [-0.2, 0) is 5.75 Å². The quantitative estimate of drug-likeness (QED) is 0.654. The summed E-state index contributed by atoms with van der Waals surface area (Å²) in [5.74, 6) is 1.10. The molecule has 0 aliphatic heterocycles. The average Bonchev–Trinajstić information content (AvgIpc) is 2.64. The topological polar surface area (TPSA) is 39.2 Å². The number of halogens is 1. The average molecular weight is 237 g/mol. The fourth-order valence-corrected chi connectivity index (χ4v) is 2.41. The summed E-state index contributed by atoms with van der Waals surface area (Å²) in [5, 5.41) is 0. The van der Waals surface area contributed by atoms with Gasteiger partial charge in [-0.1, -0.05) is 6.07 Å². The minimum absolute atomic E-state index is 0.256. The first-order valence-electron chi connectivity index (χ1n) is 4.88. The highest BCUT2D eigenvalue weighted by atomic mass is 32.2. The van der Waals surface area contributed by atoms with Crippen LogP contribution in [0.5, 0.6) is 0 Å². The number of nitrogens with two attached hydrogens (primary N) is 1. The van der Waals surface area contributed by atoms with Crippen LogP contribution in [0.25, 0.3) is 0 Å². The summed E-state index contributed by atoms with van der Waals surface area (Å²) >= 11 is 1.52. The van der Waals surface area contributed by atoms with Crippen molar-refractivity contribution in [2.45, 2.75) is 17.6 Å². The van der Waals surface area contributed by atoms with Crippen LogP contribution in [0.1, 0.15) is 11.3 Å². The molecule has 4 heteroatoms. The third kappa shape index (κ3) is 2.22. The summed E-state index contributed by atoms with van der Waals surface area (Å²) < 4.78 is 18.6. The molecule has 1 heterocycles. The van der Waals surface area contributed by atoms with Crippen molar-refractivity contribution in [1.82, 2.24) is 0 Å². The molecular weight excluding hydrogens is 225 g/mol. The highest BCUT2D eigenvalue weighted by Gasteiger charge is 2.08. The summed E-state index contributed by atoms with van der Waals surface area (Å²) in [4.78, 5) is 1.02. The fraction of sp³-hybridized carbons (Fsp3) is 0.167. The Kier molecular flexibility index (Phi) is 3.19. The van der Waals surface area contributed by atoms with Crippen LogP contribution in [0.3, 0.4) is 0 Å². The van der Waals surface area contributed by atoms with E-state index in [-0.39, 0.29) is 5.82 Å². The van der Waals surface area contributed by atoms with Gasteiger partial charge in [0.1, 0.15) is 11.6 Å². The Morgan fingerprint density at radius 1 is 1.38 bits per heavy atom. The van der Waals surface area contributed by atoms with Gasteiger partial charge in [-0.2, -0.15) is 0 Å². The van der Waals surface area contributed by atoms with Crippen LogP contribution in [0.15, 0.2) is 39.8 Å². The van der Waals surface area contributed by atoms with E-state index in [1.807, 2.05) is 13.0 Å². The lowest BCUT2D eigenvalue weighted by Gasteiger charge is -2.05. The van der Waals surface area contributed by atoms with Gasteiger partial charge in [-0.05, 0) is 25.1 Å². The Bertz CT molecular complexity index is 475. The molecule has 2 nitrogen and oxygen atoms in total. The molecule has 0 saturated heterocycles. The van der Waals surface area contributed by atoms with Crippen LogP contribution in [-0.4, -0.2) is 0 Å². The molecule has 16 heavy (non-hydrogen) atoms. The van der Waals surface area contributed by atoms with Crippen molar-refractivity contribution in [3.63, 3.8) is 0 Å². The van der Waals surface area contributed by atoms with Crippen molar-refractivity contribution in [1.29, 1.82) is 0 Å². The first-order chi connectivity index (χ1) is 7.68. The first-order valence-corrected chi connectivity index (χ1v) is 5.87. The molecule has 2 aromatic rings. The molecule has 0 amide bonds. The zero-order valence-electron chi connectivity index (χ0n) is 8.87. The molecule has 1 aromatic carbocycles. The van der Waals surface area contributed by atoms with E-state index in [0.29, 0.717) is 17.0 Å². The van der Waals surface area contributed by atoms with Crippen LogP contribution in [0.2, 0.25) is 0 Å². The summed E-state index contributed by atoms with van der Waals surface area (Å²) in [5.41, 5.74) is 6.77. The van der Waals surface area contributed by atoms with Gasteiger partial charge < -0.3 is 10.2 Å². The molecule has 0 bridgehead atoms. The molecule has 0 aliphatic rings. The Labute approximate surface area is 97.6 Å². The van der Waals surface area contributed by atoms with Crippen molar-refractivity contribution in [3.05, 3.63) is 47.7 Å². The predicted octanol–water partition coefficient (Wildman–Crippen LogP) is 3.60. The number of aryl methyl sites for hydroxylation is 1. The minimum Gasteiger partial charge on any atom is -0.468 e. The van der Waals surface area contributed by atoms with Gasteiger partial charge in [0, 0.05) is 21.9 Å². The normalized spacial score (nSPS) is 10.6. The van der Waals surface area contributed by atoms with Crippen molar-refractivity contribution in [3.8, 4) is 0 Å². The third-order valence-electron chi connectivity index (χ3n) is 2.34. The standard InChI is InChI=1S/C12H12FNOS/c1-8-12(5-6-15-8)16-7-9-10(13)3-2-4-11(9)14/h2-6H,7,14H2,1H3. The number of benzene rings is 1. The van der Waals surface area contributed by atoms with E-state index in [1.54, 1.807) is 18.4 Å². The molecule has 2 N–H and O–H groups in total. The van der Waals surface area contributed by atoms with Gasteiger partial charge in [0.25, 0.3) is 0 Å². The summed E-state index contributed by atoms with van der Waals surface area (Å²) in [6, 6.07) is 6.62. The van der Waals surface area contributed by atoms with E-state index >= 15 is 0 Å². The van der Waals surface area contributed by atoms with Crippen LogP contribution in [0.4, 0.5) is 10.1 Å². The van der Waals surface area contributed by atoms with E-state index in [4.69, 9.17) is 10.2 Å².